The van der Waals surface area contributed by atoms with Gasteiger partial charge >= 0.3 is 0 Å². The molecule has 1 fully saturated rings. The van der Waals surface area contributed by atoms with E-state index in [9.17, 15) is 9.59 Å². The van der Waals surface area contributed by atoms with Gasteiger partial charge in [0.25, 0.3) is 0 Å². The van der Waals surface area contributed by atoms with Gasteiger partial charge in [-0.3, -0.25) is 9.59 Å². The summed E-state index contributed by atoms with van der Waals surface area (Å²) in [5.41, 5.74) is 8.02. The van der Waals surface area contributed by atoms with Gasteiger partial charge in [-0.1, -0.05) is 18.2 Å². The molecule has 118 valence electrons. The van der Waals surface area contributed by atoms with Crippen molar-refractivity contribution in [2.75, 3.05) is 18.0 Å². The fraction of sp³-hybridized carbons (Fsp3) is 0.529. The highest BCUT2D eigenvalue weighted by molar-refractivity contribution is 5.97. The van der Waals surface area contributed by atoms with E-state index >= 15 is 0 Å². The summed E-state index contributed by atoms with van der Waals surface area (Å²) < 4.78 is 0. The number of aryl methyl sites for hydroxylation is 1. The van der Waals surface area contributed by atoms with Gasteiger partial charge in [0.1, 0.15) is 0 Å². The van der Waals surface area contributed by atoms with Gasteiger partial charge in [0.15, 0.2) is 0 Å². The van der Waals surface area contributed by atoms with Crippen LogP contribution >= 0.6 is 0 Å². The molecule has 5 heteroatoms. The molecule has 1 aliphatic carbocycles. The molecule has 1 aromatic carbocycles. The van der Waals surface area contributed by atoms with Crippen LogP contribution in [0, 0.1) is 5.92 Å². The third-order valence-electron chi connectivity index (χ3n) is 4.67. The van der Waals surface area contributed by atoms with E-state index in [-0.39, 0.29) is 30.3 Å². The van der Waals surface area contributed by atoms with Crippen LogP contribution < -0.4 is 16.0 Å². The van der Waals surface area contributed by atoms with Crippen LogP contribution in [0.2, 0.25) is 0 Å². The second-order valence-corrected chi connectivity index (χ2v) is 6.27. The standard InChI is InChI=1S/C17H23N3O2/c18-14-8-7-13(10-14)17(22)19-11-16(21)20-9-3-5-12-4-1-2-6-15(12)20/h1-2,4,6,13-14H,3,5,7-11,18H2,(H,19,22). The molecule has 1 aliphatic heterocycles. The van der Waals surface area contributed by atoms with E-state index < -0.39 is 0 Å². The zero-order chi connectivity index (χ0) is 15.5. The molecular weight excluding hydrogens is 278 g/mol. The molecule has 3 N–H and O–H groups in total. The Morgan fingerprint density at radius 1 is 1.27 bits per heavy atom. The quantitative estimate of drug-likeness (QED) is 0.881. The summed E-state index contributed by atoms with van der Waals surface area (Å²) in [6.07, 6.45) is 4.42. The Bertz CT molecular complexity index is 573. The van der Waals surface area contributed by atoms with Crippen molar-refractivity contribution < 1.29 is 9.59 Å². The minimum atomic E-state index is -0.0391. The SMILES string of the molecule is NC1CCC(C(=O)NCC(=O)N2CCCc3ccccc32)C1. The average molecular weight is 301 g/mol. The first-order valence-corrected chi connectivity index (χ1v) is 8.06. The second-order valence-electron chi connectivity index (χ2n) is 6.27. The summed E-state index contributed by atoms with van der Waals surface area (Å²) in [5.74, 6) is -0.106. The fourth-order valence-electron chi connectivity index (χ4n) is 3.45. The smallest absolute Gasteiger partial charge is 0.246 e. The number of rotatable bonds is 3. The summed E-state index contributed by atoms with van der Waals surface area (Å²) in [6, 6.07) is 8.11. The number of nitrogens with one attached hydrogen (secondary N) is 1. The van der Waals surface area contributed by atoms with E-state index in [1.807, 2.05) is 18.2 Å². The first-order chi connectivity index (χ1) is 10.6. The molecule has 2 atom stereocenters. The number of carbonyl (C=O) groups is 2. The highest BCUT2D eigenvalue weighted by atomic mass is 16.2. The van der Waals surface area contributed by atoms with Gasteiger partial charge in [-0.2, -0.15) is 0 Å². The number of hydrogen-bond acceptors (Lipinski definition) is 3. The lowest BCUT2D eigenvalue weighted by Crippen LogP contribution is -2.43. The number of nitrogens with zero attached hydrogens (tertiary/aromatic N) is 1. The van der Waals surface area contributed by atoms with Gasteiger partial charge in [0, 0.05) is 24.2 Å². The van der Waals surface area contributed by atoms with Crippen LogP contribution in [0.5, 0.6) is 0 Å². The highest BCUT2D eigenvalue weighted by Crippen LogP contribution is 2.27. The zero-order valence-corrected chi connectivity index (χ0v) is 12.8. The third-order valence-corrected chi connectivity index (χ3v) is 4.67. The lowest BCUT2D eigenvalue weighted by molar-refractivity contribution is -0.127. The monoisotopic (exact) mass is 301 g/mol. The summed E-state index contributed by atoms with van der Waals surface area (Å²) in [5, 5.41) is 2.79. The Balaban J connectivity index is 1.58. The van der Waals surface area contributed by atoms with E-state index in [4.69, 9.17) is 5.73 Å². The van der Waals surface area contributed by atoms with Gasteiger partial charge in [-0.15, -0.1) is 0 Å². The van der Waals surface area contributed by atoms with Crippen LogP contribution in [-0.2, 0) is 16.0 Å². The normalized spacial score (nSPS) is 24.0. The number of benzene rings is 1. The second kappa shape index (κ2) is 6.48. The Labute approximate surface area is 130 Å². The van der Waals surface area contributed by atoms with Crippen LogP contribution in [0.4, 0.5) is 5.69 Å². The number of carbonyl (C=O) groups excluding carboxylic acids is 2. The minimum Gasteiger partial charge on any atom is -0.347 e. The first-order valence-electron chi connectivity index (χ1n) is 8.06. The largest absolute Gasteiger partial charge is 0.347 e. The van der Waals surface area contributed by atoms with Crippen molar-refractivity contribution in [1.82, 2.24) is 5.32 Å². The molecule has 0 saturated heterocycles. The summed E-state index contributed by atoms with van der Waals surface area (Å²) in [4.78, 5) is 26.3. The number of fused-ring (bicyclic) bond motifs is 1. The molecule has 2 aliphatic rings. The number of amides is 2. The van der Waals surface area contributed by atoms with Crippen LogP contribution in [-0.4, -0.2) is 30.9 Å². The summed E-state index contributed by atoms with van der Waals surface area (Å²) in [7, 11) is 0. The van der Waals surface area contributed by atoms with Crippen LogP contribution in [0.1, 0.15) is 31.2 Å². The Hall–Kier alpha value is -1.88. The predicted molar refractivity (Wildman–Crippen MR) is 85.4 cm³/mol. The summed E-state index contributed by atoms with van der Waals surface area (Å²) >= 11 is 0. The van der Waals surface area contributed by atoms with E-state index in [0.29, 0.717) is 0 Å². The molecule has 0 bridgehead atoms. The predicted octanol–water partition coefficient (Wildman–Crippen LogP) is 1.21. The zero-order valence-electron chi connectivity index (χ0n) is 12.8. The van der Waals surface area contributed by atoms with Crippen LogP contribution in [0.25, 0.3) is 0 Å². The van der Waals surface area contributed by atoms with Crippen molar-refractivity contribution in [2.24, 2.45) is 11.7 Å². The Kier molecular flexibility index (Phi) is 4.43. The number of hydrogen-bond donors (Lipinski definition) is 2. The molecule has 1 saturated carbocycles. The Morgan fingerprint density at radius 2 is 2.09 bits per heavy atom. The lowest BCUT2D eigenvalue weighted by atomic mass is 10.0. The Morgan fingerprint density at radius 3 is 2.86 bits per heavy atom. The van der Waals surface area contributed by atoms with Gasteiger partial charge in [-0.25, -0.2) is 0 Å². The molecule has 3 rings (SSSR count). The molecule has 0 aromatic heterocycles. The molecule has 2 amide bonds. The molecular formula is C17H23N3O2. The third kappa shape index (κ3) is 3.14. The van der Waals surface area contributed by atoms with Gasteiger partial charge < -0.3 is 16.0 Å². The number of para-hydroxylation sites is 1. The van der Waals surface area contributed by atoms with Gasteiger partial charge in [0.2, 0.25) is 11.8 Å². The van der Waals surface area contributed by atoms with Crippen LogP contribution in [0.3, 0.4) is 0 Å². The minimum absolute atomic E-state index is 0.0311. The van der Waals surface area contributed by atoms with E-state index in [0.717, 1.165) is 44.3 Å². The van der Waals surface area contributed by atoms with Crippen LogP contribution in [0.15, 0.2) is 24.3 Å². The maximum atomic E-state index is 12.4. The highest BCUT2D eigenvalue weighted by Gasteiger charge is 2.28. The molecule has 22 heavy (non-hydrogen) atoms. The van der Waals surface area contributed by atoms with Crippen molar-refractivity contribution in [1.29, 1.82) is 0 Å². The van der Waals surface area contributed by atoms with E-state index in [1.165, 1.54) is 5.56 Å². The van der Waals surface area contributed by atoms with Gasteiger partial charge in [-0.05, 0) is 43.7 Å². The molecule has 0 spiro atoms. The van der Waals surface area contributed by atoms with Crippen molar-refractivity contribution in [3.8, 4) is 0 Å². The fourth-order valence-corrected chi connectivity index (χ4v) is 3.45. The lowest BCUT2D eigenvalue weighted by Gasteiger charge is -2.29. The van der Waals surface area contributed by atoms with E-state index in [1.54, 1.807) is 4.90 Å². The topological polar surface area (TPSA) is 75.4 Å². The number of anilines is 1. The molecule has 5 nitrogen and oxygen atoms in total. The number of nitrogens with two attached hydrogens (primary N) is 1. The van der Waals surface area contributed by atoms with Crippen molar-refractivity contribution >= 4 is 17.5 Å². The average Bonchev–Trinajstić information content (AvgIpc) is 2.98. The molecule has 1 aromatic rings. The molecule has 0 radical (unpaired) electrons. The van der Waals surface area contributed by atoms with Crippen molar-refractivity contribution in [3.05, 3.63) is 29.8 Å². The van der Waals surface area contributed by atoms with Gasteiger partial charge in [0.05, 0.1) is 6.54 Å². The first kappa shape index (κ1) is 15.0. The van der Waals surface area contributed by atoms with Crippen molar-refractivity contribution in [2.45, 2.75) is 38.1 Å². The maximum Gasteiger partial charge on any atom is 0.246 e. The maximum absolute atomic E-state index is 12.4. The molecule has 1 heterocycles. The van der Waals surface area contributed by atoms with E-state index in [2.05, 4.69) is 11.4 Å². The molecule has 2 unspecified atom stereocenters. The summed E-state index contributed by atoms with van der Waals surface area (Å²) in [6.45, 7) is 0.791. The van der Waals surface area contributed by atoms with Crippen molar-refractivity contribution in [3.63, 3.8) is 0 Å².